The normalized spacial score (nSPS) is 11.8. The fourth-order valence-electron chi connectivity index (χ4n) is 1.44. The van der Waals surface area contributed by atoms with E-state index in [1.165, 1.54) is 0 Å². The smallest absolute Gasteiger partial charge is 0.136 e. The first-order valence-corrected chi connectivity index (χ1v) is 5.79. The second-order valence-corrected chi connectivity index (χ2v) is 5.41. The largest absolute Gasteiger partial charge is 0.275 e. The fourth-order valence-corrected chi connectivity index (χ4v) is 1.62. The van der Waals surface area contributed by atoms with E-state index in [9.17, 15) is 0 Å². The maximum atomic E-state index is 6.03. The molecule has 0 unspecified atom stereocenters. The van der Waals surface area contributed by atoms with Crippen LogP contribution in [0, 0.1) is 0 Å². The van der Waals surface area contributed by atoms with Gasteiger partial charge in [-0.1, -0.05) is 32.4 Å². The van der Waals surface area contributed by atoms with Gasteiger partial charge in [-0.25, -0.2) is 9.97 Å². The van der Waals surface area contributed by atoms with Gasteiger partial charge in [0.1, 0.15) is 16.7 Å². The van der Waals surface area contributed by atoms with Gasteiger partial charge < -0.3 is 0 Å². The minimum atomic E-state index is -0.131. The highest BCUT2D eigenvalue weighted by molar-refractivity contribution is 6.29. The number of hydrogen-bond donors (Lipinski definition) is 0. The Morgan fingerprint density at radius 2 is 1.88 bits per heavy atom. The van der Waals surface area contributed by atoms with Crippen molar-refractivity contribution < 1.29 is 0 Å². The first-order valence-electron chi connectivity index (χ1n) is 5.41. The van der Waals surface area contributed by atoms with Gasteiger partial charge in [-0.2, -0.15) is 5.10 Å². The summed E-state index contributed by atoms with van der Waals surface area (Å²) in [6.07, 6.45) is 1.88. The van der Waals surface area contributed by atoms with Crippen molar-refractivity contribution in [2.24, 2.45) is 7.05 Å². The zero-order chi connectivity index (χ0) is 12.6. The Bertz CT molecular complexity index is 540. The van der Waals surface area contributed by atoms with Crippen molar-refractivity contribution >= 4 is 11.6 Å². The Balaban J connectivity index is 2.52. The summed E-state index contributed by atoms with van der Waals surface area (Å²) in [5.41, 5.74) is 1.44. The van der Waals surface area contributed by atoms with Gasteiger partial charge in [0.2, 0.25) is 0 Å². The summed E-state index contributed by atoms with van der Waals surface area (Å²) < 4.78 is 1.74. The molecule has 0 fully saturated rings. The first kappa shape index (κ1) is 12.0. The fraction of sp³-hybridized carbons (Fsp3) is 0.417. The lowest BCUT2D eigenvalue weighted by atomic mass is 9.95. The summed E-state index contributed by atoms with van der Waals surface area (Å²) in [7, 11) is 1.87. The maximum absolute atomic E-state index is 6.03. The highest BCUT2D eigenvalue weighted by atomic mass is 35.5. The van der Waals surface area contributed by atoms with Crippen LogP contribution >= 0.6 is 11.6 Å². The van der Waals surface area contributed by atoms with Gasteiger partial charge in [-0.05, 0) is 6.07 Å². The minimum absolute atomic E-state index is 0.131. The van der Waals surface area contributed by atoms with Crippen molar-refractivity contribution in [1.82, 2.24) is 19.7 Å². The molecule has 17 heavy (non-hydrogen) atoms. The van der Waals surface area contributed by atoms with Crippen molar-refractivity contribution in [2.45, 2.75) is 26.2 Å². The Morgan fingerprint density at radius 1 is 1.18 bits per heavy atom. The van der Waals surface area contributed by atoms with Crippen LogP contribution in [0.3, 0.4) is 0 Å². The molecule has 0 saturated carbocycles. The predicted octanol–water partition coefficient (Wildman–Crippen LogP) is 2.83. The average Bonchev–Trinajstić information content (AvgIpc) is 2.62. The highest BCUT2D eigenvalue weighted by Gasteiger charge is 2.19. The topological polar surface area (TPSA) is 43.6 Å². The summed E-state index contributed by atoms with van der Waals surface area (Å²) in [5, 5.41) is 4.76. The molecule has 90 valence electrons. The molecule has 2 heterocycles. The predicted molar refractivity (Wildman–Crippen MR) is 67.9 cm³/mol. The van der Waals surface area contributed by atoms with Crippen LogP contribution in [0.4, 0.5) is 0 Å². The summed E-state index contributed by atoms with van der Waals surface area (Å²) in [6.45, 7) is 6.17. The molecule has 0 spiro atoms. The molecule has 0 bridgehead atoms. The van der Waals surface area contributed by atoms with E-state index in [0.29, 0.717) is 5.15 Å². The number of halogens is 1. The quantitative estimate of drug-likeness (QED) is 0.731. The maximum Gasteiger partial charge on any atom is 0.136 e. The number of nitrogens with zero attached hydrogens (tertiary/aromatic N) is 4. The van der Waals surface area contributed by atoms with E-state index < -0.39 is 0 Å². The molecule has 2 aromatic heterocycles. The third-order valence-corrected chi connectivity index (χ3v) is 2.54. The summed E-state index contributed by atoms with van der Waals surface area (Å²) in [4.78, 5) is 8.77. The van der Waals surface area contributed by atoms with Gasteiger partial charge in [0.15, 0.2) is 0 Å². The molecule has 0 saturated heterocycles. The van der Waals surface area contributed by atoms with Crippen LogP contribution in [-0.4, -0.2) is 19.7 Å². The SMILES string of the molecule is Cn1ccc(-c2cc(Cl)nc(C(C)(C)C)n2)n1. The summed E-state index contributed by atoms with van der Waals surface area (Å²) >= 11 is 6.03. The summed E-state index contributed by atoms with van der Waals surface area (Å²) in [5.74, 6) is 0.727. The van der Waals surface area contributed by atoms with Gasteiger partial charge in [0, 0.05) is 24.7 Å². The van der Waals surface area contributed by atoms with Gasteiger partial charge in [0.25, 0.3) is 0 Å². The molecular formula is C12H15ClN4. The van der Waals surface area contributed by atoms with Crippen molar-refractivity contribution in [3.63, 3.8) is 0 Å². The van der Waals surface area contributed by atoms with Gasteiger partial charge in [-0.3, -0.25) is 4.68 Å². The Kier molecular flexibility index (Phi) is 2.91. The van der Waals surface area contributed by atoms with Crippen LogP contribution in [0.25, 0.3) is 11.4 Å². The number of aromatic nitrogens is 4. The molecule has 0 aliphatic carbocycles. The van der Waals surface area contributed by atoms with Gasteiger partial charge in [-0.15, -0.1) is 0 Å². The molecule has 2 aromatic rings. The zero-order valence-corrected chi connectivity index (χ0v) is 11.2. The van der Waals surface area contributed by atoms with Gasteiger partial charge in [0.05, 0.1) is 5.69 Å². The Labute approximate surface area is 106 Å². The molecule has 0 atom stereocenters. The van der Waals surface area contributed by atoms with E-state index in [1.54, 1.807) is 10.7 Å². The third kappa shape index (κ3) is 2.64. The van der Waals surface area contributed by atoms with E-state index in [0.717, 1.165) is 17.2 Å². The standard InChI is InChI=1S/C12H15ClN4/c1-12(2,3)11-14-9(7-10(13)15-11)8-5-6-17(4)16-8/h5-7H,1-4H3. The molecule has 4 nitrogen and oxygen atoms in total. The van der Waals surface area contributed by atoms with Crippen LogP contribution < -0.4 is 0 Å². The first-order chi connectivity index (χ1) is 7.86. The van der Waals surface area contributed by atoms with E-state index in [1.807, 2.05) is 19.3 Å². The highest BCUT2D eigenvalue weighted by Crippen LogP contribution is 2.24. The van der Waals surface area contributed by atoms with Crippen LogP contribution in [0.15, 0.2) is 18.3 Å². The van der Waals surface area contributed by atoms with E-state index >= 15 is 0 Å². The van der Waals surface area contributed by atoms with E-state index in [4.69, 9.17) is 11.6 Å². The average molecular weight is 251 g/mol. The molecule has 2 rings (SSSR count). The molecule has 0 radical (unpaired) electrons. The van der Waals surface area contributed by atoms with Crippen molar-refractivity contribution in [1.29, 1.82) is 0 Å². The van der Waals surface area contributed by atoms with Gasteiger partial charge >= 0.3 is 0 Å². The van der Waals surface area contributed by atoms with Crippen molar-refractivity contribution in [2.75, 3.05) is 0 Å². The molecule has 0 aliphatic rings. The number of aryl methyl sites for hydroxylation is 1. The monoisotopic (exact) mass is 250 g/mol. The van der Waals surface area contributed by atoms with Crippen molar-refractivity contribution in [3.8, 4) is 11.4 Å². The molecule has 0 amide bonds. The van der Waals surface area contributed by atoms with Crippen molar-refractivity contribution in [3.05, 3.63) is 29.3 Å². The molecule has 0 aliphatic heterocycles. The molecular weight excluding hydrogens is 236 g/mol. The van der Waals surface area contributed by atoms with E-state index in [2.05, 4.69) is 35.8 Å². The second kappa shape index (κ2) is 4.11. The Hall–Kier alpha value is -1.42. The van der Waals surface area contributed by atoms with Crippen LogP contribution in [0.5, 0.6) is 0 Å². The second-order valence-electron chi connectivity index (χ2n) is 5.02. The lowest BCUT2D eigenvalue weighted by Crippen LogP contribution is -2.16. The minimum Gasteiger partial charge on any atom is -0.275 e. The lowest BCUT2D eigenvalue weighted by Gasteiger charge is -2.17. The van der Waals surface area contributed by atoms with Crippen LogP contribution in [0.2, 0.25) is 5.15 Å². The van der Waals surface area contributed by atoms with Crippen LogP contribution in [-0.2, 0) is 12.5 Å². The lowest BCUT2D eigenvalue weighted by molar-refractivity contribution is 0.546. The molecule has 0 N–H and O–H groups in total. The number of hydrogen-bond acceptors (Lipinski definition) is 3. The molecule has 5 heteroatoms. The Morgan fingerprint density at radius 3 is 2.41 bits per heavy atom. The van der Waals surface area contributed by atoms with Crippen LogP contribution in [0.1, 0.15) is 26.6 Å². The summed E-state index contributed by atoms with van der Waals surface area (Å²) in [6, 6.07) is 3.64. The zero-order valence-electron chi connectivity index (χ0n) is 10.4. The number of rotatable bonds is 1. The van der Waals surface area contributed by atoms with E-state index in [-0.39, 0.29) is 5.41 Å². The molecule has 0 aromatic carbocycles. The third-order valence-electron chi connectivity index (χ3n) is 2.34.